The number of rotatable bonds is 6. The molecule has 0 radical (unpaired) electrons. The molecule has 6 atom stereocenters. The molecular formula is C47H60N8O6S. The molecule has 2 amide bonds. The van der Waals surface area contributed by atoms with Gasteiger partial charge in [0.2, 0.25) is 5.91 Å². The summed E-state index contributed by atoms with van der Waals surface area (Å²) < 4.78 is 20.7. The van der Waals surface area contributed by atoms with Crippen LogP contribution in [0.25, 0.3) is 33.4 Å². The fraction of sp³-hybridized carbons (Fsp3) is 0.596. The lowest BCUT2D eigenvalue weighted by atomic mass is 9.84. The Morgan fingerprint density at radius 1 is 1.11 bits per heavy atom. The van der Waals surface area contributed by atoms with Crippen LogP contribution in [0.4, 0.5) is 5.69 Å². The lowest BCUT2D eigenvalue weighted by Gasteiger charge is -2.44. The molecule has 3 aromatic heterocycles. The number of piperazine rings is 1. The van der Waals surface area contributed by atoms with E-state index in [0.717, 1.165) is 104 Å². The average molecular weight is 865 g/mol. The van der Waals surface area contributed by atoms with Gasteiger partial charge in [-0.1, -0.05) is 20.8 Å². The molecule has 6 aliphatic rings. The number of methoxy groups -OCH3 is 1. The quantitative estimate of drug-likeness (QED) is 0.244. The van der Waals surface area contributed by atoms with Crippen LogP contribution in [-0.4, -0.2) is 120 Å². The molecule has 1 saturated carbocycles. The van der Waals surface area contributed by atoms with Gasteiger partial charge in [0.05, 0.1) is 71.5 Å². The minimum absolute atomic E-state index is 0.0902. The maximum atomic E-state index is 14.2. The van der Waals surface area contributed by atoms with Crippen LogP contribution in [-0.2, 0) is 54.4 Å². The van der Waals surface area contributed by atoms with Crippen LogP contribution in [0.5, 0.6) is 0 Å². The lowest BCUT2D eigenvalue weighted by molar-refractivity contribution is -0.155. The van der Waals surface area contributed by atoms with E-state index < -0.39 is 17.5 Å². The van der Waals surface area contributed by atoms with Crippen molar-refractivity contribution in [2.75, 3.05) is 64.6 Å². The molecule has 4 fully saturated rings. The Balaban J connectivity index is 1.11. The summed E-state index contributed by atoms with van der Waals surface area (Å²) in [7, 11) is 1.74. The zero-order valence-electron chi connectivity index (χ0n) is 36.7. The van der Waals surface area contributed by atoms with Crippen molar-refractivity contribution >= 4 is 45.7 Å². The number of thiazole rings is 1. The Bertz CT molecular complexity index is 2390. The number of nitrogens with zero attached hydrogens (tertiary/aromatic N) is 6. The molecule has 5 aliphatic heterocycles. The van der Waals surface area contributed by atoms with Gasteiger partial charge >= 0.3 is 5.97 Å². The van der Waals surface area contributed by atoms with Gasteiger partial charge in [-0.15, -0.1) is 11.3 Å². The number of nitrogens with one attached hydrogen (secondary N) is 2. The summed E-state index contributed by atoms with van der Waals surface area (Å²) >= 11 is 1.52. The minimum Gasteiger partial charge on any atom is -0.464 e. The van der Waals surface area contributed by atoms with Crippen molar-refractivity contribution in [1.82, 2.24) is 35.2 Å². The van der Waals surface area contributed by atoms with E-state index in [-0.39, 0.29) is 42.8 Å². The highest BCUT2D eigenvalue weighted by atomic mass is 32.1. The molecule has 6 bridgehead atoms. The number of hydrazine groups is 1. The van der Waals surface area contributed by atoms with Crippen molar-refractivity contribution in [2.24, 2.45) is 17.3 Å². The van der Waals surface area contributed by atoms with Gasteiger partial charge in [0, 0.05) is 86.0 Å². The number of aromatic nitrogens is 3. The van der Waals surface area contributed by atoms with Gasteiger partial charge in [-0.2, -0.15) is 0 Å². The number of carbonyl (C=O) groups is 3. The van der Waals surface area contributed by atoms with E-state index in [1.807, 2.05) is 6.20 Å². The summed E-state index contributed by atoms with van der Waals surface area (Å²) in [6.45, 7) is 15.2. The van der Waals surface area contributed by atoms with Gasteiger partial charge in [0.1, 0.15) is 12.1 Å². The van der Waals surface area contributed by atoms with Gasteiger partial charge < -0.3 is 29.0 Å². The summed E-state index contributed by atoms with van der Waals surface area (Å²) in [5, 5.41) is 8.61. The molecule has 330 valence electrons. The minimum atomic E-state index is -0.825. The fourth-order valence-electron chi connectivity index (χ4n) is 10.4. The Morgan fingerprint density at radius 3 is 2.79 bits per heavy atom. The highest BCUT2D eigenvalue weighted by Gasteiger charge is 2.42. The number of fused-ring (bicyclic) bond motifs is 7. The van der Waals surface area contributed by atoms with Gasteiger partial charge in [-0.25, -0.2) is 10.4 Å². The molecule has 1 aliphatic carbocycles. The number of hydrogen-bond donors (Lipinski definition) is 2. The first-order valence-corrected chi connectivity index (χ1v) is 23.6. The van der Waals surface area contributed by atoms with E-state index in [2.05, 4.69) is 76.4 Å². The number of aryl methyl sites for hydroxylation is 2. The van der Waals surface area contributed by atoms with Crippen molar-refractivity contribution in [1.29, 1.82) is 0 Å². The fourth-order valence-corrected chi connectivity index (χ4v) is 11.3. The Morgan fingerprint density at radius 2 is 1.97 bits per heavy atom. The zero-order chi connectivity index (χ0) is 42.9. The number of anilines is 1. The van der Waals surface area contributed by atoms with Crippen LogP contribution >= 0.6 is 11.3 Å². The predicted molar refractivity (Wildman–Crippen MR) is 238 cm³/mol. The molecule has 1 aromatic carbocycles. The predicted octanol–water partition coefficient (Wildman–Crippen LogP) is 5.31. The highest BCUT2D eigenvalue weighted by Crippen LogP contribution is 2.46. The molecule has 4 aromatic rings. The number of pyridine rings is 1. The molecule has 15 heteroatoms. The summed E-state index contributed by atoms with van der Waals surface area (Å²) in [5.41, 5.74) is 12.5. The molecule has 0 spiro atoms. The topological polar surface area (TPSA) is 143 Å². The number of benzene rings is 1. The number of cyclic esters (lactones) is 1. The van der Waals surface area contributed by atoms with Crippen LogP contribution < -0.4 is 15.6 Å². The van der Waals surface area contributed by atoms with E-state index in [1.165, 1.54) is 38.4 Å². The summed E-state index contributed by atoms with van der Waals surface area (Å²) in [6.07, 6.45) is 6.57. The summed E-state index contributed by atoms with van der Waals surface area (Å²) in [5.74, 6) is -0.542. The molecule has 2 N–H and O–H groups in total. The number of hydrogen-bond acceptors (Lipinski definition) is 12. The van der Waals surface area contributed by atoms with E-state index in [0.29, 0.717) is 37.8 Å². The van der Waals surface area contributed by atoms with Crippen molar-refractivity contribution < 1.29 is 28.6 Å². The summed E-state index contributed by atoms with van der Waals surface area (Å²) in [6, 6.07) is 5.77. The lowest BCUT2D eigenvalue weighted by Crippen LogP contribution is -2.60. The van der Waals surface area contributed by atoms with Crippen molar-refractivity contribution in [3.05, 3.63) is 51.6 Å². The second-order valence-corrected chi connectivity index (χ2v) is 20.2. The third-order valence-electron chi connectivity index (χ3n) is 14.2. The number of ether oxygens (including phenoxy) is 3. The zero-order valence-corrected chi connectivity index (χ0v) is 37.5. The van der Waals surface area contributed by atoms with E-state index >= 15 is 0 Å². The molecule has 14 nitrogen and oxygen atoms in total. The van der Waals surface area contributed by atoms with Crippen molar-refractivity contribution in [2.45, 2.75) is 103 Å². The maximum absolute atomic E-state index is 14.2. The van der Waals surface area contributed by atoms with Gasteiger partial charge in [-0.3, -0.25) is 29.3 Å². The Labute approximate surface area is 367 Å². The molecule has 8 heterocycles. The van der Waals surface area contributed by atoms with Crippen molar-refractivity contribution in [3.8, 4) is 22.5 Å². The summed E-state index contributed by atoms with van der Waals surface area (Å²) in [4.78, 5) is 56.8. The van der Waals surface area contributed by atoms with Crippen LogP contribution in [0.3, 0.4) is 0 Å². The molecule has 62 heavy (non-hydrogen) atoms. The molecular weight excluding hydrogens is 805 g/mol. The second-order valence-electron chi connectivity index (χ2n) is 19.3. The second kappa shape index (κ2) is 16.6. The third-order valence-corrected chi connectivity index (χ3v) is 15.0. The van der Waals surface area contributed by atoms with Crippen LogP contribution in [0.1, 0.15) is 81.3 Å². The van der Waals surface area contributed by atoms with Crippen LogP contribution in [0.15, 0.2) is 29.8 Å². The Hall–Kier alpha value is -4.41. The monoisotopic (exact) mass is 864 g/mol. The standard InChI is InChI=1S/C47H60N8O6S/c1-27-16-33(27)44(56)50-38-20-40-49-39(25-62-40)30-17-29-8-6-10-54-42(29)34(18-30)36(21-47(3,4)26-61-46(58)37-9-7-11-55(51-37)45(38)57)43(54)35-19-31(22-48-41(35)28(2)59-5)53-13-12-52-14-15-60-24-32(52)23-53/h17-19,22,25,27-28,32-33,37-38,51H,6-16,20-21,23-24,26H2,1-5H3,(H,50,56)/t27-,28-,32-,33-,37-,38-/m0/s1. The Kier molecular flexibility index (Phi) is 11.1. The van der Waals surface area contributed by atoms with Gasteiger partial charge in [0.25, 0.3) is 5.91 Å². The number of morpholine rings is 1. The number of amides is 2. The van der Waals surface area contributed by atoms with E-state index in [9.17, 15) is 14.4 Å². The molecule has 0 unspecified atom stereocenters. The van der Waals surface area contributed by atoms with Gasteiger partial charge in [-0.05, 0) is 80.7 Å². The largest absolute Gasteiger partial charge is 0.464 e. The maximum Gasteiger partial charge on any atom is 0.324 e. The average Bonchev–Trinajstić information content (AvgIpc) is 3.71. The SMILES string of the molecule is CO[C@@H](C)c1ncc(N2CCN3CCOC[C@@H]3C2)cc1-c1c2c3cc(cc4c3n1CCC4)-c1csc(n1)C[C@H](NC(=O)[C@H]1C[C@@H]1C)C(=O)N1CCC[C@H](N1)C(=O)OCC(C)(C)C2. The van der Waals surface area contributed by atoms with E-state index in [1.54, 1.807) is 7.11 Å². The molecule has 3 saturated heterocycles. The first-order valence-electron chi connectivity index (χ1n) is 22.7. The smallest absolute Gasteiger partial charge is 0.324 e. The van der Waals surface area contributed by atoms with Gasteiger partial charge in [0.15, 0.2) is 0 Å². The normalized spacial score (nSPS) is 27.0. The molecule has 10 rings (SSSR count). The van der Waals surface area contributed by atoms with Crippen molar-refractivity contribution in [3.63, 3.8) is 0 Å². The van der Waals surface area contributed by atoms with Crippen LogP contribution in [0.2, 0.25) is 0 Å². The third kappa shape index (κ3) is 7.92. The first kappa shape index (κ1) is 41.6. The number of esters is 1. The highest BCUT2D eigenvalue weighted by molar-refractivity contribution is 7.10. The first-order chi connectivity index (χ1) is 29.9. The van der Waals surface area contributed by atoms with Crippen LogP contribution in [0, 0.1) is 17.3 Å². The number of carbonyl (C=O) groups excluding carboxylic acids is 3. The van der Waals surface area contributed by atoms with E-state index in [4.69, 9.17) is 24.2 Å².